The predicted molar refractivity (Wildman–Crippen MR) is 83.9 cm³/mol. The molecule has 0 spiro atoms. The van der Waals surface area contributed by atoms with Crippen LogP contribution >= 0.6 is 0 Å². The topological polar surface area (TPSA) is 67.3 Å². The summed E-state index contributed by atoms with van der Waals surface area (Å²) < 4.78 is 5.14. The summed E-state index contributed by atoms with van der Waals surface area (Å²) in [4.78, 5) is 22.8. The van der Waals surface area contributed by atoms with Crippen LogP contribution in [-0.4, -0.2) is 42.1 Å². The van der Waals surface area contributed by atoms with Gasteiger partial charge >= 0.3 is 0 Å². The summed E-state index contributed by atoms with van der Waals surface area (Å²) in [7, 11) is 1.61. The zero-order valence-corrected chi connectivity index (χ0v) is 13.1. The van der Waals surface area contributed by atoms with Gasteiger partial charge in [0.05, 0.1) is 7.11 Å². The fourth-order valence-electron chi connectivity index (χ4n) is 3.04. The van der Waals surface area contributed by atoms with Gasteiger partial charge in [0.1, 0.15) is 0 Å². The number of methoxy groups -OCH3 is 1. The van der Waals surface area contributed by atoms with Crippen LogP contribution in [0.3, 0.4) is 0 Å². The highest BCUT2D eigenvalue weighted by Crippen LogP contribution is 2.24. The zero-order chi connectivity index (χ0) is 15.4. The van der Waals surface area contributed by atoms with Crippen LogP contribution in [0.25, 0.3) is 0 Å². The maximum absolute atomic E-state index is 12.0. The minimum absolute atomic E-state index is 0.223. The number of nitrogens with zero attached hydrogens (tertiary/aromatic N) is 3. The molecule has 3 rings (SSSR count). The Balaban J connectivity index is 1.46. The second-order valence-corrected chi connectivity index (χ2v) is 6.23. The van der Waals surface area contributed by atoms with Crippen molar-refractivity contribution >= 4 is 11.9 Å². The Hall–Kier alpha value is -1.85. The maximum Gasteiger partial charge on any atom is 0.228 e. The first kappa shape index (κ1) is 15.1. The molecule has 2 fully saturated rings. The molecule has 1 N–H and O–H groups in total. The molecule has 1 aromatic rings. The van der Waals surface area contributed by atoms with E-state index in [0.29, 0.717) is 24.3 Å². The lowest BCUT2D eigenvalue weighted by Gasteiger charge is -2.32. The summed E-state index contributed by atoms with van der Waals surface area (Å²) in [5, 5.41) is 3.13. The van der Waals surface area contributed by atoms with Crippen molar-refractivity contribution < 1.29 is 9.53 Å². The Bertz CT molecular complexity index is 511. The van der Waals surface area contributed by atoms with Gasteiger partial charge in [0.15, 0.2) is 0 Å². The summed E-state index contributed by atoms with van der Waals surface area (Å²) in [6.45, 7) is 1.79. The first-order valence-electron chi connectivity index (χ1n) is 8.16. The molecule has 1 amide bonds. The molecule has 0 aromatic carbocycles. The van der Waals surface area contributed by atoms with E-state index in [4.69, 9.17) is 4.74 Å². The molecule has 6 nitrogen and oxygen atoms in total. The average molecular weight is 304 g/mol. The summed E-state index contributed by atoms with van der Waals surface area (Å²) in [6.07, 6.45) is 7.96. The Morgan fingerprint density at radius 3 is 2.77 bits per heavy atom. The highest BCUT2D eigenvalue weighted by Gasteiger charge is 2.25. The van der Waals surface area contributed by atoms with Crippen LogP contribution in [0.15, 0.2) is 12.3 Å². The molecule has 22 heavy (non-hydrogen) atoms. The second kappa shape index (κ2) is 6.94. The van der Waals surface area contributed by atoms with Crippen molar-refractivity contribution in [1.29, 1.82) is 0 Å². The largest absolute Gasteiger partial charge is 0.481 e. The van der Waals surface area contributed by atoms with E-state index in [1.54, 1.807) is 19.4 Å². The molecule has 0 radical (unpaired) electrons. The lowest BCUT2D eigenvalue weighted by Crippen LogP contribution is -2.41. The molecule has 1 aliphatic carbocycles. The number of hydrogen-bond acceptors (Lipinski definition) is 5. The molecule has 0 unspecified atom stereocenters. The third kappa shape index (κ3) is 3.67. The average Bonchev–Trinajstić information content (AvgIpc) is 2.52. The number of carbonyl (C=O) groups excluding carboxylic acids is 1. The first-order chi connectivity index (χ1) is 10.7. The monoisotopic (exact) mass is 304 g/mol. The van der Waals surface area contributed by atoms with E-state index in [-0.39, 0.29) is 5.91 Å². The molecule has 0 bridgehead atoms. The van der Waals surface area contributed by atoms with Crippen molar-refractivity contribution in [3.05, 3.63) is 12.3 Å². The van der Waals surface area contributed by atoms with Gasteiger partial charge in [-0.2, -0.15) is 4.98 Å². The molecular formula is C16H24N4O2. The third-order valence-corrected chi connectivity index (χ3v) is 4.67. The number of hydrogen-bond donors (Lipinski definition) is 1. The van der Waals surface area contributed by atoms with Crippen LogP contribution in [0.1, 0.15) is 38.5 Å². The predicted octanol–water partition coefficient (Wildman–Crippen LogP) is 1.76. The van der Waals surface area contributed by atoms with Crippen LogP contribution in [0.5, 0.6) is 5.88 Å². The Kier molecular flexibility index (Phi) is 4.75. The number of anilines is 1. The fourth-order valence-corrected chi connectivity index (χ4v) is 3.04. The number of ether oxygens (including phenoxy) is 1. The highest BCUT2D eigenvalue weighted by molar-refractivity contribution is 5.76. The van der Waals surface area contributed by atoms with Gasteiger partial charge in [-0.15, -0.1) is 0 Å². The Morgan fingerprint density at radius 2 is 2.14 bits per heavy atom. The lowest BCUT2D eigenvalue weighted by atomic mass is 9.91. The molecule has 6 heteroatoms. The van der Waals surface area contributed by atoms with E-state index in [9.17, 15) is 4.79 Å². The van der Waals surface area contributed by atoms with Crippen molar-refractivity contribution in [2.75, 3.05) is 25.1 Å². The van der Waals surface area contributed by atoms with E-state index in [0.717, 1.165) is 44.7 Å². The second-order valence-electron chi connectivity index (χ2n) is 6.23. The highest BCUT2D eigenvalue weighted by atomic mass is 16.5. The molecule has 1 saturated heterocycles. The van der Waals surface area contributed by atoms with Crippen molar-refractivity contribution in [1.82, 2.24) is 15.3 Å². The molecule has 1 saturated carbocycles. The zero-order valence-electron chi connectivity index (χ0n) is 13.1. The summed E-state index contributed by atoms with van der Waals surface area (Å²) >= 11 is 0. The normalized spacial score (nSPS) is 19.6. The molecule has 2 aliphatic rings. The molecular weight excluding hydrogens is 280 g/mol. The quantitative estimate of drug-likeness (QED) is 0.898. The number of piperidine rings is 1. The van der Waals surface area contributed by atoms with Gasteiger partial charge < -0.3 is 15.0 Å². The lowest BCUT2D eigenvalue weighted by molar-refractivity contribution is -0.123. The Morgan fingerprint density at radius 1 is 1.36 bits per heavy atom. The molecule has 1 aromatic heterocycles. The van der Waals surface area contributed by atoms with Gasteiger partial charge in [0.25, 0.3) is 0 Å². The van der Waals surface area contributed by atoms with Gasteiger partial charge in [-0.25, -0.2) is 4.98 Å². The third-order valence-electron chi connectivity index (χ3n) is 4.67. The van der Waals surface area contributed by atoms with E-state index >= 15 is 0 Å². The smallest absolute Gasteiger partial charge is 0.228 e. The van der Waals surface area contributed by atoms with Crippen molar-refractivity contribution in [3.8, 4) is 5.88 Å². The molecule has 2 heterocycles. The summed E-state index contributed by atoms with van der Waals surface area (Å²) in [5.41, 5.74) is 0. The van der Waals surface area contributed by atoms with Crippen LogP contribution in [0.2, 0.25) is 0 Å². The SMILES string of the molecule is COc1ccnc(N2CCC(CC(=O)NC3CCC3)CC2)n1. The van der Waals surface area contributed by atoms with Crippen molar-refractivity contribution in [2.24, 2.45) is 5.92 Å². The van der Waals surface area contributed by atoms with Crippen LogP contribution in [0, 0.1) is 5.92 Å². The minimum Gasteiger partial charge on any atom is -0.481 e. The van der Waals surface area contributed by atoms with Gasteiger partial charge in [-0.05, 0) is 38.0 Å². The molecule has 120 valence electrons. The van der Waals surface area contributed by atoms with E-state index in [1.807, 2.05) is 0 Å². The van der Waals surface area contributed by atoms with Crippen LogP contribution in [0.4, 0.5) is 5.95 Å². The van der Waals surface area contributed by atoms with E-state index < -0.39 is 0 Å². The van der Waals surface area contributed by atoms with E-state index in [1.165, 1.54) is 6.42 Å². The minimum atomic E-state index is 0.223. The first-order valence-corrected chi connectivity index (χ1v) is 8.16. The maximum atomic E-state index is 12.0. The number of aromatic nitrogens is 2. The van der Waals surface area contributed by atoms with Gasteiger partial charge in [-0.1, -0.05) is 0 Å². The molecule has 1 aliphatic heterocycles. The molecule has 0 atom stereocenters. The van der Waals surface area contributed by atoms with Crippen LogP contribution < -0.4 is 15.0 Å². The summed E-state index contributed by atoms with van der Waals surface area (Å²) in [5.74, 6) is 2.01. The van der Waals surface area contributed by atoms with Gasteiger partial charge in [0, 0.05) is 37.8 Å². The van der Waals surface area contributed by atoms with Crippen molar-refractivity contribution in [2.45, 2.75) is 44.6 Å². The number of rotatable bonds is 5. The number of amides is 1. The summed E-state index contributed by atoms with van der Waals surface area (Å²) in [6, 6.07) is 2.19. The number of nitrogens with one attached hydrogen (secondary N) is 1. The van der Waals surface area contributed by atoms with E-state index in [2.05, 4.69) is 20.2 Å². The fraction of sp³-hybridized carbons (Fsp3) is 0.688. The Labute approximate surface area is 131 Å². The standard InChI is InChI=1S/C16H24N4O2/c1-22-15-5-8-17-16(19-15)20-9-6-12(7-10-20)11-14(21)18-13-3-2-4-13/h5,8,12-13H,2-4,6-7,9-11H2,1H3,(H,18,21). The van der Waals surface area contributed by atoms with Crippen LogP contribution in [-0.2, 0) is 4.79 Å². The van der Waals surface area contributed by atoms with Gasteiger partial charge in [-0.3, -0.25) is 4.79 Å². The number of carbonyl (C=O) groups is 1. The van der Waals surface area contributed by atoms with Gasteiger partial charge in [0.2, 0.25) is 17.7 Å². The van der Waals surface area contributed by atoms with Crippen molar-refractivity contribution in [3.63, 3.8) is 0 Å².